The molecule has 4 heteroatoms. The van der Waals surface area contributed by atoms with Gasteiger partial charge in [0.1, 0.15) is 0 Å². The first-order chi connectivity index (χ1) is 9.18. The van der Waals surface area contributed by atoms with Crippen LogP contribution >= 0.6 is 0 Å². The van der Waals surface area contributed by atoms with E-state index in [2.05, 4.69) is 11.8 Å². The summed E-state index contributed by atoms with van der Waals surface area (Å²) in [5, 5.41) is 10.8. The Labute approximate surface area is 114 Å². The summed E-state index contributed by atoms with van der Waals surface area (Å²) in [6, 6.07) is 7.32. The van der Waals surface area contributed by atoms with E-state index in [1.54, 1.807) is 18.2 Å². The highest BCUT2D eigenvalue weighted by atomic mass is 16.6. The molecule has 0 radical (unpaired) electrons. The Balaban J connectivity index is 2.10. The lowest BCUT2D eigenvalue weighted by Gasteiger charge is -2.30. The number of nitrogens with zero attached hydrogens (tertiary/aromatic N) is 2. The average molecular weight is 262 g/mol. The lowest BCUT2D eigenvalue weighted by atomic mass is 10.0. The molecule has 104 valence electrons. The highest BCUT2D eigenvalue weighted by molar-refractivity contribution is 5.35. The highest BCUT2D eigenvalue weighted by Gasteiger charge is 2.18. The second-order valence-electron chi connectivity index (χ2n) is 5.33. The number of rotatable bonds is 3. The van der Waals surface area contributed by atoms with Gasteiger partial charge in [0.05, 0.1) is 4.92 Å². The molecule has 0 amide bonds. The molecule has 1 aliphatic rings. The van der Waals surface area contributed by atoms with Crippen molar-refractivity contribution in [1.82, 2.24) is 4.90 Å². The third kappa shape index (κ3) is 3.77. The van der Waals surface area contributed by atoms with Crippen LogP contribution in [0.25, 0.3) is 0 Å². The second kappa shape index (κ2) is 6.66. The Morgan fingerprint density at radius 3 is 2.42 bits per heavy atom. The molecule has 0 saturated carbocycles. The van der Waals surface area contributed by atoms with Crippen molar-refractivity contribution in [1.29, 1.82) is 0 Å². The monoisotopic (exact) mass is 262 g/mol. The Hall–Kier alpha value is -1.42. The maximum atomic E-state index is 10.8. The van der Waals surface area contributed by atoms with Gasteiger partial charge in [0.25, 0.3) is 5.69 Å². The van der Waals surface area contributed by atoms with Crippen LogP contribution in [-0.4, -0.2) is 22.9 Å². The minimum atomic E-state index is -0.316. The third-order valence-corrected chi connectivity index (χ3v) is 4.00. The molecular weight excluding hydrogens is 240 g/mol. The molecule has 19 heavy (non-hydrogen) atoms. The van der Waals surface area contributed by atoms with E-state index >= 15 is 0 Å². The van der Waals surface area contributed by atoms with E-state index in [0.717, 1.165) is 18.7 Å². The third-order valence-electron chi connectivity index (χ3n) is 4.00. The standard InChI is InChI=1S/C15H22N2O2/c1-13(16-10-5-3-2-4-6-11-16)14-8-7-9-15(12-14)17(18)19/h7-9,12-13H,2-6,10-11H2,1H3. The second-order valence-corrected chi connectivity index (χ2v) is 5.33. The Bertz CT molecular complexity index is 426. The predicted molar refractivity (Wildman–Crippen MR) is 76.2 cm³/mol. The SMILES string of the molecule is CC(c1cccc([N+](=O)[O-])c1)N1CCCCCCC1. The lowest BCUT2D eigenvalue weighted by Crippen LogP contribution is -2.30. The van der Waals surface area contributed by atoms with Gasteiger partial charge in [-0.15, -0.1) is 0 Å². The first kappa shape index (κ1) is 14.0. The van der Waals surface area contributed by atoms with Crippen LogP contribution in [0, 0.1) is 10.1 Å². The molecular formula is C15H22N2O2. The van der Waals surface area contributed by atoms with Gasteiger partial charge < -0.3 is 0 Å². The van der Waals surface area contributed by atoms with Crippen LogP contribution in [0.4, 0.5) is 5.69 Å². The number of non-ortho nitro benzene ring substituents is 1. The van der Waals surface area contributed by atoms with Crippen LogP contribution in [0.1, 0.15) is 50.6 Å². The van der Waals surface area contributed by atoms with Crippen molar-refractivity contribution in [2.45, 2.75) is 45.1 Å². The van der Waals surface area contributed by atoms with E-state index in [-0.39, 0.29) is 16.7 Å². The van der Waals surface area contributed by atoms with Gasteiger partial charge in [-0.05, 0) is 38.4 Å². The molecule has 4 nitrogen and oxygen atoms in total. The molecule has 0 N–H and O–H groups in total. The summed E-state index contributed by atoms with van der Waals surface area (Å²) in [4.78, 5) is 13.0. The van der Waals surface area contributed by atoms with Gasteiger partial charge in [-0.1, -0.05) is 31.4 Å². The van der Waals surface area contributed by atoms with Gasteiger partial charge in [0.2, 0.25) is 0 Å². The topological polar surface area (TPSA) is 46.4 Å². The van der Waals surface area contributed by atoms with E-state index in [0.29, 0.717) is 0 Å². The zero-order valence-electron chi connectivity index (χ0n) is 11.5. The molecule has 1 aromatic carbocycles. The summed E-state index contributed by atoms with van der Waals surface area (Å²) in [5.41, 5.74) is 1.24. The largest absolute Gasteiger partial charge is 0.297 e. The number of nitro groups is 1. The minimum absolute atomic E-state index is 0.191. The van der Waals surface area contributed by atoms with Gasteiger partial charge in [-0.3, -0.25) is 15.0 Å². The van der Waals surface area contributed by atoms with Crippen molar-refractivity contribution < 1.29 is 4.92 Å². The Morgan fingerprint density at radius 2 is 1.79 bits per heavy atom. The summed E-state index contributed by atoms with van der Waals surface area (Å²) >= 11 is 0. The van der Waals surface area contributed by atoms with E-state index in [9.17, 15) is 10.1 Å². The molecule has 1 saturated heterocycles. The average Bonchev–Trinajstić information content (AvgIpc) is 2.38. The Kier molecular flexibility index (Phi) is 4.91. The van der Waals surface area contributed by atoms with Crippen molar-refractivity contribution >= 4 is 5.69 Å². The fraction of sp³-hybridized carbons (Fsp3) is 0.600. The maximum Gasteiger partial charge on any atom is 0.269 e. The van der Waals surface area contributed by atoms with Gasteiger partial charge >= 0.3 is 0 Å². The summed E-state index contributed by atoms with van der Waals surface area (Å²) in [6.45, 7) is 4.36. The summed E-state index contributed by atoms with van der Waals surface area (Å²) in [7, 11) is 0. The van der Waals surface area contributed by atoms with Crippen molar-refractivity contribution in [2.75, 3.05) is 13.1 Å². The van der Waals surface area contributed by atoms with Crippen LogP contribution in [0.3, 0.4) is 0 Å². The number of hydrogen-bond donors (Lipinski definition) is 0. The molecule has 1 unspecified atom stereocenters. The van der Waals surface area contributed by atoms with Crippen molar-refractivity contribution in [3.8, 4) is 0 Å². The van der Waals surface area contributed by atoms with Gasteiger partial charge in [-0.25, -0.2) is 0 Å². The first-order valence-corrected chi connectivity index (χ1v) is 7.17. The molecule has 2 rings (SSSR count). The first-order valence-electron chi connectivity index (χ1n) is 7.17. The number of likely N-dealkylation sites (tertiary alicyclic amines) is 1. The van der Waals surface area contributed by atoms with Crippen molar-refractivity contribution in [2.24, 2.45) is 0 Å². The molecule has 1 heterocycles. The van der Waals surface area contributed by atoms with Crippen LogP contribution in [-0.2, 0) is 0 Å². The van der Waals surface area contributed by atoms with Crippen LogP contribution in [0.15, 0.2) is 24.3 Å². The number of nitro benzene ring substituents is 1. The lowest BCUT2D eigenvalue weighted by molar-refractivity contribution is -0.384. The molecule has 0 aliphatic carbocycles. The minimum Gasteiger partial charge on any atom is -0.297 e. The van der Waals surface area contributed by atoms with Gasteiger partial charge in [-0.2, -0.15) is 0 Å². The highest BCUT2D eigenvalue weighted by Crippen LogP contribution is 2.25. The fourth-order valence-corrected chi connectivity index (χ4v) is 2.77. The predicted octanol–water partition coefficient (Wildman–Crippen LogP) is 3.92. The van der Waals surface area contributed by atoms with Gasteiger partial charge in [0.15, 0.2) is 0 Å². The fourth-order valence-electron chi connectivity index (χ4n) is 2.77. The molecule has 1 aliphatic heterocycles. The quantitative estimate of drug-likeness (QED) is 0.612. The smallest absolute Gasteiger partial charge is 0.269 e. The van der Waals surface area contributed by atoms with E-state index in [4.69, 9.17) is 0 Å². The van der Waals surface area contributed by atoms with E-state index < -0.39 is 0 Å². The summed E-state index contributed by atoms with van der Waals surface area (Å²) in [6.07, 6.45) is 6.42. The van der Waals surface area contributed by atoms with Crippen LogP contribution in [0.2, 0.25) is 0 Å². The number of benzene rings is 1. The van der Waals surface area contributed by atoms with Crippen LogP contribution < -0.4 is 0 Å². The molecule has 0 aromatic heterocycles. The zero-order valence-corrected chi connectivity index (χ0v) is 11.5. The van der Waals surface area contributed by atoms with E-state index in [1.165, 1.54) is 32.1 Å². The van der Waals surface area contributed by atoms with Gasteiger partial charge in [0, 0.05) is 18.2 Å². The molecule has 1 aromatic rings. The van der Waals surface area contributed by atoms with E-state index in [1.807, 2.05) is 6.07 Å². The zero-order chi connectivity index (χ0) is 13.7. The summed E-state index contributed by atoms with van der Waals surface area (Å²) in [5.74, 6) is 0. The number of hydrogen-bond acceptors (Lipinski definition) is 3. The summed E-state index contributed by atoms with van der Waals surface area (Å²) < 4.78 is 0. The Morgan fingerprint density at radius 1 is 1.16 bits per heavy atom. The molecule has 0 spiro atoms. The maximum absolute atomic E-state index is 10.8. The molecule has 1 fully saturated rings. The van der Waals surface area contributed by atoms with Crippen molar-refractivity contribution in [3.63, 3.8) is 0 Å². The molecule has 1 atom stereocenters. The van der Waals surface area contributed by atoms with Crippen molar-refractivity contribution in [3.05, 3.63) is 39.9 Å². The molecule has 0 bridgehead atoms. The normalized spacial score (nSPS) is 19.4. The van der Waals surface area contributed by atoms with Crippen LogP contribution in [0.5, 0.6) is 0 Å².